The molecule has 0 aliphatic carbocycles. The van der Waals surface area contributed by atoms with Crippen LogP contribution in [0.25, 0.3) is 0 Å². The Morgan fingerprint density at radius 1 is 1.28 bits per heavy atom. The molecule has 0 saturated carbocycles. The highest BCUT2D eigenvalue weighted by molar-refractivity contribution is 6.33. The van der Waals surface area contributed by atoms with Gasteiger partial charge in [-0.25, -0.2) is 0 Å². The molecule has 0 spiro atoms. The summed E-state index contributed by atoms with van der Waals surface area (Å²) in [5.41, 5.74) is -0.0488. The van der Waals surface area contributed by atoms with Crippen LogP contribution in [0.3, 0.4) is 0 Å². The Balaban J connectivity index is 2.62. The molecule has 1 aromatic rings. The third-order valence-electron chi connectivity index (χ3n) is 2.42. The minimum absolute atomic E-state index is 0.0526. The normalized spacial score (nSPS) is 11.1. The van der Waals surface area contributed by atoms with Crippen molar-refractivity contribution < 1.29 is 14.7 Å². The van der Waals surface area contributed by atoms with Crippen LogP contribution in [-0.4, -0.2) is 17.0 Å². The van der Waals surface area contributed by atoms with E-state index in [-0.39, 0.29) is 18.7 Å². The van der Waals surface area contributed by atoms with Crippen molar-refractivity contribution in [2.45, 2.75) is 26.7 Å². The summed E-state index contributed by atoms with van der Waals surface area (Å²) in [6.07, 6.45) is 0.0769. The lowest BCUT2D eigenvalue weighted by atomic mass is 9.85. The molecule has 18 heavy (non-hydrogen) atoms. The summed E-state index contributed by atoms with van der Waals surface area (Å²) in [5.74, 6) is -1.15. The molecule has 0 aromatic heterocycles. The fourth-order valence-corrected chi connectivity index (χ4v) is 1.85. The molecule has 0 fully saturated rings. The molecule has 0 radical (unpaired) electrons. The highest BCUT2D eigenvalue weighted by Gasteiger charge is 2.25. The highest BCUT2D eigenvalue weighted by Crippen LogP contribution is 2.27. The number of aliphatic carboxylic acids is 1. The number of halogens is 1. The van der Waals surface area contributed by atoms with E-state index in [4.69, 9.17) is 16.7 Å². The number of carbonyl (C=O) groups is 2. The second-order valence-corrected chi connectivity index (χ2v) is 5.35. The van der Waals surface area contributed by atoms with E-state index in [0.717, 1.165) is 0 Å². The Kier molecular flexibility index (Phi) is 4.73. The number of carbonyl (C=O) groups excluding carboxylic acids is 1. The third kappa shape index (κ3) is 4.75. The zero-order chi connectivity index (χ0) is 13.8. The van der Waals surface area contributed by atoms with Crippen molar-refractivity contribution in [3.63, 3.8) is 0 Å². The summed E-state index contributed by atoms with van der Waals surface area (Å²) in [6, 6.07) is 6.92. The summed E-state index contributed by atoms with van der Waals surface area (Å²) >= 11 is 5.92. The Hall–Kier alpha value is -1.55. The summed E-state index contributed by atoms with van der Waals surface area (Å²) in [7, 11) is 0. The van der Waals surface area contributed by atoms with Crippen LogP contribution in [0.2, 0.25) is 5.02 Å². The summed E-state index contributed by atoms with van der Waals surface area (Å²) in [4.78, 5) is 22.5. The van der Waals surface area contributed by atoms with Crippen LogP contribution in [0.5, 0.6) is 0 Å². The molecule has 2 N–H and O–H groups in total. The van der Waals surface area contributed by atoms with E-state index >= 15 is 0 Å². The van der Waals surface area contributed by atoms with Crippen molar-refractivity contribution in [3.8, 4) is 0 Å². The van der Waals surface area contributed by atoms with E-state index in [0.29, 0.717) is 10.7 Å². The molecule has 1 aromatic carbocycles. The van der Waals surface area contributed by atoms with E-state index in [1.54, 1.807) is 38.1 Å². The second-order valence-electron chi connectivity index (χ2n) is 4.94. The van der Waals surface area contributed by atoms with Gasteiger partial charge in [0.15, 0.2) is 0 Å². The lowest BCUT2D eigenvalue weighted by Crippen LogP contribution is -2.24. The lowest BCUT2D eigenvalue weighted by molar-refractivity contribution is -0.139. The van der Waals surface area contributed by atoms with Gasteiger partial charge in [0.2, 0.25) is 5.91 Å². The first-order chi connectivity index (χ1) is 8.30. The van der Waals surface area contributed by atoms with Gasteiger partial charge in [-0.1, -0.05) is 37.6 Å². The number of anilines is 1. The van der Waals surface area contributed by atoms with Gasteiger partial charge >= 0.3 is 5.97 Å². The van der Waals surface area contributed by atoms with Crippen molar-refractivity contribution in [2.24, 2.45) is 5.41 Å². The maximum Gasteiger partial charge on any atom is 0.303 e. The molecule has 0 unspecified atom stereocenters. The monoisotopic (exact) mass is 269 g/mol. The van der Waals surface area contributed by atoms with Crippen LogP contribution in [0, 0.1) is 5.41 Å². The molecule has 1 rings (SSSR count). The molecular formula is C13H16ClNO3. The smallest absolute Gasteiger partial charge is 0.303 e. The van der Waals surface area contributed by atoms with Gasteiger partial charge in [-0.2, -0.15) is 0 Å². The number of para-hydroxylation sites is 1. The molecule has 0 heterocycles. The Morgan fingerprint density at radius 2 is 1.89 bits per heavy atom. The van der Waals surface area contributed by atoms with Crippen molar-refractivity contribution in [3.05, 3.63) is 29.3 Å². The summed E-state index contributed by atoms with van der Waals surface area (Å²) in [6.45, 7) is 3.49. The van der Waals surface area contributed by atoms with E-state index < -0.39 is 11.4 Å². The van der Waals surface area contributed by atoms with Crippen LogP contribution in [0.4, 0.5) is 5.69 Å². The van der Waals surface area contributed by atoms with Crippen LogP contribution < -0.4 is 5.32 Å². The predicted octanol–water partition coefficient (Wildman–Crippen LogP) is 3.17. The van der Waals surface area contributed by atoms with Crippen molar-refractivity contribution in [1.82, 2.24) is 0 Å². The molecule has 0 aliphatic heterocycles. The molecule has 98 valence electrons. The number of hydrogen-bond acceptors (Lipinski definition) is 2. The highest BCUT2D eigenvalue weighted by atomic mass is 35.5. The van der Waals surface area contributed by atoms with Gasteiger partial charge in [-0.15, -0.1) is 0 Å². The minimum Gasteiger partial charge on any atom is -0.481 e. The molecular weight excluding hydrogens is 254 g/mol. The maximum absolute atomic E-state index is 11.8. The zero-order valence-electron chi connectivity index (χ0n) is 10.4. The summed E-state index contributed by atoms with van der Waals surface area (Å²) < 4.78 is 0. The van der Waals surface area contributed by atoms with E-state index in [2.05, 4.69) is 5.32 Å². The molecule has 5 heteroatoms. The van der Waals surface area contributed by atoms with Gasteiger partial charge in [-0.3, -0.25) is 9.59 Å². The van der Waals surface area contributed by atoms with Gasteiger partial charge in [0.1, 0.15) is 0 Å². The first kappa shape index (κ1) is 14.5. The summed E-state index contributed by atoms with van der Waals surface area (Å²) in [5, 5.41) is 11.9. The molecule has 0 bridgehead atoms. The van der Waals surface area contributed by atoms with Gasteiger partial charge in [0.05, 0.1) is 17.1 Å². The topological polar surface area (TPSA) is 66.4 Å². The second kappa shape index (κ2) is 5.87. The van der Waals surface area contributed by atoms with Crippen LogP contribution in [0.1, 0.15) is 26.7 Å². The maximum atomic E-state index is 11.8. The first-order valence-electron chi connectivity index (χ1n) is 5.56. The van der Waals surface area contributed by atoms with E-state index in [1.165, 1.54) is 0 Å². The standard InChI is InChI=1S/C13H16ClNO3/c1-13(2,8-12(17)18)7-11(16)15-10-6-4-3-5-9(10)14/h3-6H,7-8H2,1-2H3,(H,15,16)(H,17,18). The molecule has 4 nitrogen and oxygen atoms in total. The van der Waals surface area contributed by atoms with E-state index in [9.17, 15) is 9.59 Å². The van der Waals surface area contributed by atoms with Crippen molar-refractivity contribution >= 4 is 29.2 Å². The van der Waals surface area contributed by atoms with Crippen LogP contribution in [0.15, 0.2) is 24.3 Å². The number of carboxylic acids is 1. The van der Waals surface area contributed by atoms with Crippen molar-refractivity contribution in [2.75, 3.05) is 5.32 Å². The number of benzene rings is 1. The van der Waals surface area contributed by atoms with Crippen molar-refractivity contribution in [1.29, 1.82) is 0 Å². The average Bonchev–Trinajstić information content (AvgIpc) is 2.18. The quantitative estimate of drug-likeness (QED) is 0.863. The lowest BCUT2D eigenvalue weighted by Gasteiger charge is -2.21. The van der Waals surface area contributed by atoms with Gasteiger partial charge in [0.25, 0.3) is 0 Å². The fourth-order valence-electron chi connectivity index (χ4n) is 1.66. The number of carboxylic acid groups (broad SMARTS) is 1. The van der Waals surface area contributed by atoms with E-state index in [1.807, 2.05) is 0 Å². The van der Waals surface area contributed by atoms with Gasteiger partial charge in [0, 0.05) is 6.42 Å². The molecule has 1 amide bonds. The Bertz CT molecular complexity index is 457. The Labute approximate surface area is 111 Å². The molecule has 0 saturated heterocycles. The third-order valence-corrected chi connectivity index (χ3v) is 2.75. The number of rotatable bonds is 5. The van der Waals surface area contributed by atoms with Gasteiger partial charge < -0.3 is 10.4 Å². The number of amides is 1. The zero-order valence-corrected chi connectivity index (χ0v) is 11.1. The fraction of sp³-hybridized carbons (Fsp3) is 0.385. The van der Waals surface area contributed by atoms with Crippen LogP contribution in [-0.2, 0) is 9.59 Å². The molecule has 0 atom stereocenters. The minimum atomic E-state index is -0.912. The SMILES string of the molecule is CC(C)(CC(=O)O)CC(=O)Nc1ccccc1Cl. The Morgan fingerprint density at radius 3 is 2.44 bits per heavy atom. The van der Waals surface area contributed by atoms with Gasteiger partial charge in [-0.05, 0) is 17.5 Å². The number of nitrogens with one attached hydrogen (secondary N) is 1. The average molecular weight is 270 g/mol. The first-order valence-corrected chi connectivity index (χ1v) is 5.94. The largest absolute Gasteiger partial charge is 0.481 e. The molecule has 0 aliphatic rings. The van der Waals surface area contributed by atoms with Crippen LogP contribution >= 0.6 is 11.6 Å². The number of hydrogen-bond donors (Lipinski definition) is 2. The predicted molar refractivity (Wildman–Crippen MR) is 70.7 cm³/mol.